The van der Waals surface area contributed by atoms with Gasteiger partial charge in [0.05, 0.1) is 11.7 Å². The Morgan fingerprint density at radius 1 is 1.78 bits per heavy atom. The molecule has 0 aromatic carbocycles. The van der Waals surface area contributed by atoms with Crippen molar-refractivity contribution >= 4 is 28.7 Å². The van der Waals surface area contributed by atoms with Gasteiger partial charge in [-0.2, -0.15) is 0 Å². The van der Waals surface area contributed by atoms with E-state index in [2.05, 4.69) is 22.4 Å². The van der Waals surface area contributed by atoms with Crippen LogP contribution in [0.4, 0.5) is 0 Å². The van der Waals surface area contributed by atoms with Crippen molar-refractivity contribution in [2.45, 2.75) is 6.54 Å². The van der Waals surface area contributed by atoms with E-state index in [1.54, 1.807) is 11.3 Å². The topological polar surface area (TPSA) is 12.4 Å². The molecule has 0 aliphatic rings. The smallest absolute Gasteiger partial charge is 0.0835 e. The molecule has 0 N–H and O–H groups in total. The van der Waals surface area contributed by atoms with E-state index < -0.39 is 0 Å². The van der Waals surface area contributed by atoms with Crippen LogP contribution in [0.3, 0.4) is 0 Å². The molecule has 3 heteroatoms. The number of thiocarbonyl (C=S) groups is 1. The zero-order valence-electron chi connectivity index (χ0n) is 4.70. The van der Waals surface area contributed by atoms with Gasteiger partial charge in [0.15, 0.2) is 0 Å². The van der Waals surface area contributed by atoms with Crippen molar-refractivity contribution in [2.24, 2.45) is 4.99 Å². The average Bonchev–Trinajstić information content (AvgIpc) is 2.34. The SMILES string of the molecule is S=C=NCc1cccs1. The highest BCUT2D eigenvalue weighted by Gasteiger charge is 1.86. The standard InChI is InChI=1S/C6H5NS2/c8-5-7-4-6-2-1-3-9-6/h1-3H,4H2. The molecule has 0 amide bonds. The summed E-state index contributed by atoms with van der Waals surface area (Å²) in [7, 11) is 0. The summed E-state index contributed by atoms with van der Waals surface area (Å²) in [6, 6.07) is 4.03. The molecule has 1 rings (SSSR count). The van der Waals surface area contributed by atoms with Crippen LogP contribution in [0.15, 0.2) is 22.5 Å². The molecule has 9 heavy (non-hydrogen) atoms. The minimum atomic E-state index is 0.682. The van der Waals surface area contributed by atoms with Crippen LogP contribution in [-0.4, -0.2) is 5.16 Å². The van der Waals surface area contributed by atoms with Gasteiger partial charge in [-0.05, 0) is 23.7 Å². The first-order chi connectivity index (χ1) is 4.43. The predicted molar refractivity (Wildman–Crippen MR) is 43.0 cm³/mol. The Morgan fingerprint density at radius 2 is 2.67 bits per heavy atom. The van der Waals surface area contributed by atoms with E-state index in [9.17, 15) is 0 Å². The molecular formula is C6H5NS2. The third-order valence-corrected chi connectivity index (χ3v) is 1.87. The highest BCUT2D eigenvalue weighted by atomic mass is 32.1. The van der Waals surface area contributed by atoms with Crippen molar-refractivity contribution in [3.8, 4) is 0 Å². The first kappa shape index (κ1) is 6.62. The van der Waals surface area contributed by atoms with Crippen molar-refractivity contribution in [1.29, 1.82) is 0 Å². The van der Waals surface area contributed by atoms with Gasteiger partial charge in [-0.1, -0.05) is 6.07 Å². The summed E-state index contributed by atoms with van der Waals surface area (Å²) in [5.74, 6) is 0. The van der Waals surface area contributed by atoms with Gasteiger partial charge in [0.25, 0.3) is 0 Å². The molecule has 0 bridgehead atoms. The lowest BCUT2D eigenvalue weighted by Gasteiger charge is -1.80. The van der Waals surface area contributed by atoms with Crippen molar-refractivity contribution in [3.05, 3.63) is 22.4 Å². The maximum absolute atomic E-state index is 4.41. The number of aliphatic imine (C=N–C) groups is 1. The average molecular weight is 155 g/mol. The molecule has 0 radical (unpaired) electrons. The van der Waals surface area contributed by atoms with Gasteiger partial charge in [-0.15, -0.1) is 11.3 Å². The molecule has 0 unspecified atom stereocenters. The summed E-state index contributed by atoms with van der Waals surface area (Å²) in [4.78, 5) is 5.02. The number of hydrogen-bond donors (Lipinski definition) is 0. The number of nitrogens with zero attached hydrogens (tertiary/aromatic N) is 1. The highest BCUT2D eigenvalue weighted by molar-refractivity contribution is 7.78. The van der Waals surface area contributed by atoms with Crippen molar-refractivity contribution in [1.82, 2.24) is 0 Å². The van der Waals surface area contributed by atoms with E-state index >= 15 is 0 Å². The van der Waals surface area contributed by atoms with E-state index in [1.807, 2.05) is 17.5 Å². The van der Waals surface area contributed by atoms with E-state index in [1.165, 1.54) is 4.88 Å². The molecule has 1 heterocycles. The van der Waals surface area contributed by atoms with Crippen LogP contribution in [0.25, 0.3) is 0 Å². The third-order valence-electron chi connectivity index (χ3n) is 0.880. The molecule has 0 aliphatic carbocycles. The van der Waals surface area contributed by atoms with Gasteiger partial charge in [-0.3, -0.25) is 0 Å². The summed E-state index contributed by atoms with van der Waals surface area (Å²) < 4.78 is 0. The number of thiophene rings is 1. The largest absolute Gasteiger partial charge is 0.227 e. The van der Waals surface area contributed by atoms with Gasteiger partial charge in [0.1, 0.15) is 0 Å². The second-order valence-corrected chi connectivity index (χ2v) is 2.70. The van der Waals surface area contributed by atoms with Crippen molar-refractivity contribution < 1.29 is 0 Å². The van der Waals surface area contributed by atoms with E-state index in [4.69, 9.17) is 0 Å². The van der Waals surface area contributed by atoms with E-state index in [0.29, 0.717) is 6.54 Å². The number of rotatable bonds is 2. The molecule has 1 aromatic heterocycles. The van der Waals surface area contributed by atoms with Crippen LogP contribution in [0.5, 0.6) is 0 Å². The maximum atomic E-state index is 4.41. The Labute approximate surface area is 63.1 Å². The van der Waals surface area contributed by atoms with Gasteiger partial charge in [0, 0.05) is 4.88 Å². The van der Waals surface area contributed by atoms with Crippen molar-refractivity contribution in [2.75, 3.05) is 0 Å². The quantitative estimate of drug-likeness (QED) is 0.471. The van der Waals surface area contributed by atoms with Gasteiger partial charge in [-0.25, -0.2) is 4.99 Å². The van der Waals surface area contributed by atoms with Crippen LogP contribution in [-0.2, 0) is 6.54 Å². The third kappa shape index (κ3) is 2.06. The van der Waals surface area contributed by atoms with Crippen LogP contribution < -0.4 is 0 Å². The van der Waals surface area contributed by atoms with Crippen LogP contribution >= 0.6 is 23.6 Å². The molecule has 0 saturated carbocycles. The first-order valence-corrected chi connectivity index (χ1v) is 3.78. The van der Waals surface area contributed by atoms with Crippen LogP contribution in [0.2, 0.25) is 0 Å². The molecule has 0 saturated heterocycles. The van der Waals surface area contributed by atoms with Crippen LogP contribution in [0.1, 0.15) is 4.88 Å². The summed E-state index contributed by atoms with van der Waals surface area (Å²) >= 11 is 6.10. The Bertz CT molecular complexity index is 209. The first-order valence-electron chi connectivity index (χ1n) is 2.49. The van der Waals surface area contributed by atoms with E-state index in [0.717, 1.165) is 0 Å². The maximum Gasteiger partial charge on any atom is 0.0835 e. The molecule has 1 nitrogen and oxygen atoms in total. The molecule has 0 aliphatic heterocycles. The number of hydrogen-bond acceptors (Lipinski definition) is 3. The Kier molecular flexibility index (Phi) is 2.58. The molecule has 1 aromatic rings. The van der Waals surface area contributed by atoms with Gasteiger partial charge in [0.2, 0.25) is 0 Å². The normalized spacial score (nSPS) is 8.44. The Hall–Kier alpha value is -0.500. The monoisotopic (exact) mass is 155 g/mol. The Morgan fingerprint density at radius 3 is 3.22 bits per heavy atom. The molecular weight excluding hydrogens is 150 g/mol. The lowest BCUT2D eigenvalue weighted by molar-refractivity contribution is 1.12. The van der Waals surface area contributed by atoms with Gasteiger partial charge < -0.3 is 0 Å². The second-order valence-electron chi connectivity index (χ2n) is 1.49. The number of isothiocyanates is 1. The fourth-order valence-corrected chi connectivity index (χ4v) is 1.21. The van der Waals surface area contributed by atoms with Gasteiger partial charge >= 0.3 is 0 Å². The lowest BCUT2D eigenvalue weighted by Crippen LogP contribution is -1.68. The van der Waals surface area contributed by atoms with Crippen molar-refractivity contribution in [3.63, 3.8) is 0 Å². The Balaban J connectivity index is 2.57. The molecule has 0 fully saturated rings. The second kappa shape index (κ2) is 3.51. The fourth-order valence-electron chi connectivity index (χ4n) is 0.513. The zero-order chi connectivity index (χ0) is 6.53. The molecule has 0 spiro atoms. The van der Waals surface area contributed by atoms with Crippen LogP contribution in [0, 0.1) is 0 Å². The minimum Gasteiger partial charge on any atom is -0.227 e. The summed E-state index contributed by atoms with van der Waals surface area (Å²) in [5, 5.41) is 4.34. The molecule has 0 atom stereocenters. The summed E-state index contributed by atoms with van der Waals surface area (Å²) in [5.41, 5.74) is 0. The van der Waals surface area contributed by atoms with E-state index in [-0.39, 0.29) is 0 Å². The summed E-state index contributed by atoms with van der Waals surface area (Å²) in [6.45, 7) is 0.682. The minimum absolute atomic E-state index is 0.682. The highest BCUT2D eigenvalue weighted by Crippen LogP contribution is 2.08. The predicted octanol–water partition coefficient (Wildman–Crippen LogP) is 2.35. The lowest BCUT2D eigenvalue weighted by atomic mass is 10.5. The molecule has 46 valence electrons. The fraction of sp³-hybridized carbons (Fsp3) is 0.167. The zero-order valence-corrected chi connectivity index (χ0v) is 6.34. The summed E-state index contributed by atoms with van der Waals surface area (Å²) in [6.07, 6.45) is 0.